The van der Waals surface area contributed by atoms with Gasteiger partial charge in [-0.1, -0.05) is 24.3 Å². The zero-order chi connectivity index (χ0) is 13.0. The van der Waals surface area contributed by atoms with Crippen LogP contribution < -0.4 is 5.32 Å². The van der Waals surface area contributed by atoms with E-state index in [0.717, 1.165) is 13.0 Å². The molecule has 0 saturated carbocycles. The first-order valence-corrected chi connectivity index (χ1v) is 7.83. The fourth-order valence-corrected chi connectivity index (χ4v) is 3.18. The molecule has 2 rings (SSSR count). The summed E-state index contributed by atoms with van der Waals surface area (Å²) in [6.07, 6.45) is 1.08. The van der Waals surface area contributed by atoms with Gasteiger partial charge in [-0.15, -0.1) is 11.3 Å². The second-order valence-corrected chi connectivity index (χ2v) is 6.96. The van der Waals surface area contributed by atoms with Crippen molar-refractivity contribution in [2.45, 2.75) is 32.9 Å². The molecule has 0 amide bonds. The summed E-state index contributed by atoms with van der Waals surface area (Å²) in [7, 11) is 0. The van der Waals surface area contributed by atoms with E-state index >= 15 is 0 Å². The molecule has 1 nitrogen and oxygen atoms in total. The predicted molar refractivity (Wildman–Crippen MR) is 83.2 cm³/mol. The molecule has 1 unspecified atom stereocenters. The molecule has 0 aliphatic rings. The molecule has 0 aliphatic carbocycles. The Hall–Kier alpha value is -0.640. The maximum absolute atomic E-state index is 3.57. The molecule has 1 heterocycles. The van der Waals surface area contributed by atoms with E-state index in [-0.39, 0.29) is 0 Å². The fraction of sp³-hybridized carbons (Fsp3) is 0.333. The van der Waals surface area contributed by atoms with E-state index in [1.165, 1.54) is 20.5 Å². The van der Waals surface area contributed by atoms with Crippen molar-refractivity contribution < 1.29 is 0 Å². The van der Waals surface area contributed by atoms with Crippen LogP contribution in [0.2, 0.25) is 0 Å². The molecule has 3 heteroatoms. The molecule has 1 N–H and O–H groups in total. The number of halogens is 1. The predicted octanol–water partition coefficient (Wildman–Crippen LogP) is 4.54. The van der Waals surface area contributed by atoms with Crippen LogP contribution in [0.1, 0.15) is 23.6 Å². The van der Waals surface area contributed by atoms with Crippen LogP contribution in [0.5, 0.6) is 0 Å². The van der Waals surface area contributed by atoms with E-state index < -0.39 is 0 Å². The number of hydrogen-bond acceptors (Lipinski definition) is 2. The third-order valence-electron chi connectivity index (χ3n) is 3.06. The highest BCUT2D eigenvalue weighted by molar-refractivity contribution is 9.11. The Kier molecular flexibility index (Phi) is 4.98. The maximum atomic E-state index is 3.57. The summed E-state index contributed by atoms with van der Waals surface area (Å²) in [6.45, 7) is 5.36. The Morgan fingerprint density at radius 3 is 2.78 bits per heavy atom. The van der Waals surface area contributed by atoms with Crippen molar-refractivity contribution >= 4 is 27.3 Å². The number of benzene rings is 1. The lowest BCUT2D eigenvalue weighted by Gasteiger charge is -2.14. The monoisotopic (exact) mass is 323 g/mol. The Balaban J connectivity index is 1.85. The van der Waals surface area contributed by atoms with Crippen molar-refractivity contribution in [1.82, 2.24) is 5.32 Å². The third kappa shape index (κ3) is 3.94. The highest BCUT2D eigenvalue weighted by Gasteiger charge is 2.05. The average Bonchev–Trinajstić information content (AvgIpc) is 2.76. The average molecular weight is 324 g/mol. The lowest BCUT2D eigenvalue weighted by Crippen LogP contribution is -2.27. The summed E-state index contributed by atoms with van der Waals surface area (Å²) in [5.41, 5.74) is 4.16. The van der Waals surface area contributed by atoms with E-state index in [0.29, 0.717) is 6.04 Å². The van der Waals surface area contributed by atoms with Crippen molar-refractivity contribution in [2.24, 2.45) is 0 Å². The molecule has 0 spiro atoms. The lowest BCUT2D eigenvalue weighted by atomic mass is 10.0. The quantitative estimate of drug-likeness (QED) is 0.851. The largest absolute Gasteiger partial charge is 0.310 e. The summed E-state index contributed by atoms with van der Waals surface area (Å²) >= 11 is 5.23. The summed E-state index contributed by atoms with van der Waals surface area (Å²) in [5.74, 6) is 0. The molecule has 0 radical (unpaired) electrons. The van der Waals surface area contributed by atoms with Gasteiger partial charge in [-0.2, -0.15) is 0 Å². The molecule has 1 aromatic carbocycles. The molecule has 18 heavy (non-hydrogen) atoms. The molecule has 0 saturated heterocycles. The van der Waals surface area contributed by atoms with Gasteiger partial charge in [0.05, 0.1) is 3.79 Å². The van der Waals surface area contributed by atoms with Gasteiger partial charge in [0, 0.05) is 12.6 Å². The normalized spacial score (nSPS) is 12.6. The Labute approximate surface area is 121 Å². The van der Waals surface area contributed by atoms with Crippen LogP contribution in [0.4, 0.5) is 0 Å². The van der Waals surface area contributed by atoms with Crippen LogP contribution in [0.25, 0.3) is 0 Å². The zero-order valence-electron chi connectivity index (χ0n) is 10.7. The van der Waals surface area contributed by atoms with Crippen molar-refractivity contribution in [3.8, 4) is 0 Å². The fourth-order valence-electron chi connectivity index (χ4n) is 1.97. The highest BCUT2D eigenvalue weighted by atomic mass is 79.9. The van der Waals surface area contributed by atoms with E-state index in [1.54, 1.807) is 11.3 Å². The van der Waals surface area contributed by atoms with E-state index in [2.05, 4.69) is 70.8 Å². The van der Waals surface area contributed by atoms with Gasteiger partial charge in [0.15, 0.2) is 0 Å². The SMILES string of the molecule is Cc1ccccc1CC(C)NCc1csc(Br)c1. The van der Waals surface area contributed by atoms with E-state index in [1.807, 2.05) is 0 Å². The molecule has 0 fully saturated rings. The van der Waals surface area contributed by atoms with Crippen LogP contribution in [0, 0.1) is 6.92 Å². The highest BCUT2D eigenvalue weighted by Crippen LogP contribution is 2.20. The Bertz CT molecular complexity index is 507. The van der Waals surface area contributed by atoms with E-state index in [9.17, 15) is 0 Å². The second kappa shape index (κ2) is 6.50. The first-order valence-electron chi connectivity index (χ1n) is 6.16. The van der Waals surface area contributed by atoms with Gasteiger partial charge in [-0.05, 0) is 64.3 Å². The van der Waals surface area contributed by atoms with Gasteiger partial charge >= 0.3 is 0 Å². The van der Waals surface area contributed by atoms with Crippen LogP contribution in [-0.2, 0) is 13.0 Å². The lowest BCUT2D eigenvalue weighted by molar-refractivity contribution is 0.545. The molecule has 0 aliphatic heterocycles. The van der Waals surface area contributed by atoms with Gasteiger partial charge in [0.25, 0.3) is 0 Å². The van der Waals surface area contributed by atoms with Crippen LogP contribution in [0.3, 0.4) is 0 Å². The van der Waals surface area contributed by atoms with Crippen molar-refractivity contribution in [1.29, 1.82) is 0 Å². The third-order valence-corrected chi connectivity index (χ3v) is 4.62. The van der Waals surface area contributed by atoms with Gasteiger partial charge in [0.1, 0.15) is 0 Å². The summed E-state index contributed by atoms with van der Waals surface area (Å²) in [6, 6.07) is 11.3. The molecule has 1 atom stereocenters. The van der Waals surface area contributed by atoms with Crippen molar-refractivity contribution in [3.63, 3.8) is 0 Å². The van der Waals surface area contributed by atoms with Crippen molar-refractivity contribution in [2.75, 3.05) is 0 Å². The minimum atomic E-state index is 0.491. The standard InChI is InChI=1S/C15H18BrNS/c1-11-5-3-4-6-14(11)7-12(2)17-9-13-8-15(16)18-10-13/h3-6,8,10,12,17H,7,9H2,1-2H3. The number of rotatable bonds is 5. The van der Waals surface area contributed by atoms with E-state index in [4.69, 9.17) is 0 Å². The molecule has 96 valence electrons. The van der Waals surface area contributed by atoms with Gasteiger partial charge in [-0.3, -0.25) is 0 Å². The Morgan fingerprint density at radius 1 is 1.33 bits per heavy atom. The number of aryl methyl sites for hydroxylation is 1. The smallest absolute Gasteiger partial charge is 0.0701 e. The maximum Gasteiger partial charge on any atom is 0.0701 e. The van der Waals surface area contributed by atoms with Gasteiger partial charge < -0.3 is 5.32 Å². The Morgan fingerprint density at radius 2 is 2.11 bits per heavy atom. The number of hydrogen-bond donors (Lipinski definition) is 1. The van der Waals surface area contributed by atoms with Crippen LogP contribution >= 0.6 is 27.3 Å². The number of nitrogens with one attached hydrogen (secondary N) is 1. The van der Waals surface area contributed by atoms with Crippen molar-refractivity contribution in [3.05, 3.63) is 56.2 Å². The zero-order valence-corrected chi connectivity index (χ0v) is 13.1. The summed E-state index contributed by atoms with van der Waals surface area (Å²) in [4.78, 5) is 0. The molecule has 0 bridgehead atoms. The molecule has 2 aromatic rings. The topological polar surface area (TPSA) is 12.0 Å². The molecular formula is C15H18BrNS. The van der Waals surface area contributed by atoms with Crippen LogP contribution in [-0.4, -0.2) is 6.04 Å². The minimum Gasteiger partial charge on any atom is -0.310 e. The second-order valence-electron chi connectivity index (χ2n) is 4.67. The first kappa shape index (κ1) is 13.8. The number of thiophene rings is 1. The van der Waals surface area contributed by atoms with Gasteiger partial charge in [-0.25, -0.2) is 0 Å². The molecular weight excluding hydrogens is 306 g/mol. The van der Waals surface area contributed by atoms with Crippen LogP contribution in [0.15, 0.2) is 39.5 Å². The minimum absolute atomic E-state index is 0.491. The molecule has 1 aromatic heterocycles. The summed E-state index contributed by atoms with van der Waals surface area (Å²) in [5, 5.41) is 5.77. The summed E-state index contributed by atoms with van der Waals surface area (Å²) < 4.78 is 1.20. The van der Waals surface area contributed by atoms with Gasteiger partial charge in [0.2, 0.25) is 0 Å². The first-order chi connectivity index (χ1) is 8.65.